The minimum Gasteiger partial charge on any atom is -0.325 e. The first-order valence-corrected chi connectivity index (χ1v) is 8.76. The van der Waals surface area contributed by atoms with Crippen molar-refractivity contribution >= 4 is 10.8 Å². The number of aromatic amines is 1. The van der Waals surface area contributed by atoms with Crippen LogP contribution in [0.3, 0.4) is 0 Å². The van der Waals surface area contributed by atoms with Gasteiger partial charge < -0.3 is 5.73 Å². The Morgan fingerprint density at radius 2 is 1.76 bits per heavy atom. The van der Waals surface area contributed by atoms with Crippen LogP contribution in [0.2, 0.25) is 0 Å². The molecule has 0 radical (unpaired) electrons. The molecule has 138 valence electrons. The summed E-state index contributed by atoms with van der Waals surface area (Å²) >= 11 is 0. The zero-order chi connectivity index (χ0) is 20.4. The van der Waals surface area contributed by atoms with E-state index in [-0.39, 0.29) is 12.1 Å². The Labute approximate surface area is 165 Å². The molecule has 0 spiro atoms. The van der Waals surface area contributed by atoms with Crippen molar-refractivity contribution in [3.8, 4) is 34.4 Å². The van der Waals surface area contributed by atoms with Gasteiger partial charge in [0.05, 0.1) is 34.3 Å². The number of pyridine rings is 1. The van der Waals surface area contributed by atoms with Gasteiger partial charge in [-0.25, -0.2) is 5.10 Å². The lowest BCUT2D eigenvalue weighted by Crippen LogP contribution is -2.13. The Bertz CT molecular complexity index is 1390. The number of nitrogens with one attached hydrogen (secondary N) is 1. The molecule has 0 aliphatic rings. The lowest BCUT2D eigenvalue weighted by atomic mass is 9.96. The van der Waals surface area contributed by atoms with E-state index in [0.29, 0.717) is 33.2 Å². The number of nitriles is 2. The molecule has 29 heavy (non-hydrogen) atoms. The van der Waals surface area contributed by atoms with Gasteiger partial charge in [0, 0.05) is 41.0 Å². The maximum absolute atomic E-state index is 12.0. The minimum atomic E-state index is -0.275. The highest BCUT2D eigenvalue weighted by Crippen LogP contribution is 2.29. The zero-order valence-electron chi connectivity index (χ0n) is 15.2. The summed E-state index contributed by atoms with van der Waals surface area (Å²) < 4.78 is 0. The molecule has 2 heterocycles. The molecule has 4 aromatic rings. The van der Waals surface area contributed by atoms with Crippen molar-refractivity contribution in [1.29, 1.82) is 10.5 Å². The molecule has 0 atom stereocenters. The topological polar surface area (TPSA) is 132 Å². The summed E-state index contributed by atoms with van der Waals surface area (Å²) in [6.45, 7) is 0.196. The summed E-state index contributed by atoms with van der Waals surface area (Å²) in [5.41, 5.74) is 10.0. The molecule has 0 saturated carbocycles. The second kappa shape index (κ2) is 7.35. The molecule has 0 amide bonds. The standard InChI is InChI=1S/C22H14N6O/c23-8-13-1-2-15(9-24)19(5-13)17-6-16(11-26-12-17)14-3-4-18-20(7-14)21(10-25)27-28-22(18)29/h1-7,11-12H,10,25H2,(H,28,29). The average Bonchev–Trinajstić information content (AvgIpc) is 2.78. The molecule has 0 bridgehead atoms. The van der Waals surface area contributed by atoms with Crippen LogP contribution in [0.1, 0.15) is 16.8 Å². The third-order valence-corrected chi connectivity index (χ3v) is 4.71. The number of hydrogen-bond acceptors (Lipinski definition) is 6. The van der Waals surface area contributed by atoms with Gasteiger partial charge in [-0.3, -0.25) is 9.78 Å². The first-order valence-electron chi connectivity index (χ1n) is 8.76. The number of benzene rings is 2. The van der Waals surface area contributed by atoms with Gasteiger partial charge >= 0.3 is 0 Å². The summed E-state index contributed by atoms with van der Waals surface area (Å²) in [6.07, 6.45) is 3.35. The second-order valence-electron chi connectivity index (χ2n) is 6.41. The van der Waals surface area contributed by atoms with Crippen LogP contribution < -0.4 is 11.3 Å². The molecule has 0 saturated heterocycles. The zero-order valence-corrected chi connectivity index (χ0v) is 15.2. The quantitative estimate of drug-likeness (QED) is 0.563. The van der Waals surface area contributed by atoms with E-state index < -0.39 is 0 Å². The van der Waals surface area contributed by atoms with Gasteiger partial charge in [0.25, 0.3) is 5.56 Å². The number of nitrogens with two attached hydrogens (primary N) is 1. The van der Waals surface area contributed by atoms with Gasteiger partial charge in [-0.1, -0.05) is 6.07 Å². The number of nitrogens with zero attached hydrogens (tertiary/aromatic N) is 4. The van der Waals surface area contributed by atoms with E-state index in [9.17, 15) is 15.3 Å². The van der Waals surface area contributed by atoms with Crippen LogP contribution in [0.25, 0.3) is 33.0 Å². The van der Waals surface area contributed by atoms with Crippen LogP contribution in [-0.4, -0.2) is 15.2 Å². The van der Waals surface area contributed by atoms with Crippen molar-refractivity contribution in [1.82, 2.24) is 15.2 Å². The van der Waals surface area contributed by atoms with Crippen LogP contribution in [0.4, 0.5) is 0 Å². The van der Waals surface area contributed by atoms with Crippen LogP contribution in [0.5, 0.6) is 0 Å². The number of H-pyrrole nitrogens is 1. The van der Waals surface area contributed by atoms with Gasteiger partial charge in [-0.15, -0.1) is 0 Å². The molecule has 7 nitrogen and oxygen atoms in total. The van der Waals surface area contributed by atoms with Crippen LogP contribution in [-0.2, 0) is 6.54 Å². The minimum absolute atomic E-state index is 0.196. The molecule has 2 aromatic heterocycles. The highest BCUT2D eigenvalue weighted by Gasteiger charge is 2.11. The SMILES string of the molecule is N#Cc1ccc(C#N)c(-c2cncc(-c3ccc4c(=O)[nH]nc(CN)c4c3)c2)c1. The van der Waals surface area contributed by atoms with Gasteiger partial charge in [0.1, 0.15) is 0 Å². The van der Waals surface area contributed by atoms with Crippen LogP contribution in [0, 0.1) is 22.7 Å². The van der Waals surface area contributed by atoms with Gasteiger partial charge in [-0.05, 0) is 42.0 Å². The number of rotatable bonds is 3. The van der Waals surface area contributed by atoms with Crippen molar-refractivity contribution in [2.24, 2.45) is 5.73 Å². The predicted molar refractivity (Wildman–Crippen MR) is 108 cm³/mol. The molecule has 0 unspecified atom stereocenters. The number of aromatic nitrogens is 3. The van der Waals surface area contributed by atoms with Crippen molar-refractivity contribution in [2.75, 3.05) is 0 Å². The third kappa shape index (κ3) is 3.23. The summed E-state index contributed by atoms with van der Waals surface area (Å²) in [4.78, 5) is 16.3. The molecular weight excluding hydrogens is 364 g/mol. The van der Waals surface area contributed by atoms with Crippen molar-refractivity contribution in [2.45, 2.75) is 6.54 Å². The average molecular weight is 378 g/mol. The number of fused-ring (bicyclic) bond motifs is 1. The molecule has 0 aliphatic heterocycles. The maximum Gasteiger partial charge on any atom is 0.272 e. The Morgan fingerprint density at radius 3 is 2.52 bits per heavy atom. The van der Waals surface area contributed by atoms with Gasteiger partial charge in [-0.2, -0.15) is 15.6 Å². The molecule has 7 heteroatoms. The smallest absolute Gasteiger partial charge is 0.272 e. The molecule has 0 fully saturated rings. The van der Waals surface area contributed by atoms with E-state index in [1.807, 2.05) is 18.2 Å². The van der Waals surface area contributed by atoms with Gasteiger partial charge in [0.2, 0.25) is 0 Å². The normalized spacial score (nSPS) is 10.4. The Morgan fingerprint density at radius 1 is 0.931 bits per heavy atom. The summed E-state index contributed by atoms with van der Waals surface area (Å²) in [5, 5.41) is 26.3. The Kier molecular flexibility index (Phi) is 4.58. The highest BCUT2D eigenvalue weighted by molar-refractivity contribution is 5.88. The Hall–Kier alpha value is -4.33. The fourth-order valence-electron chi connectivity index (χ4n) is 3.25. The maximum atomic E-state index is 12.0. The lowest BCUT2D eigenvalue weighted by Gasteiger charge is -2.09. The van der Waals surface area contributed by atoms with E-state index in [1.165, 1.54) is 0 Å². The van der Waals surface area contributed by atoms with Crippen LogP contribution in [0.15, 0.2) is 59.7 Å². The number of hydrogen-bond donors (Lipinski definition) is 2. The van der Waals surface area contributed by atoms with Crippen molar-refractivity contribution < 1.29 is 0 Å². The summed E-state index contributed by atoms with van der Waals surface area (Å²) in [6, 6.07) is 16.5. The van der Waals surface area contributed by atoms with Crippen LogP contribution >= 0.6 is 0 Å². The largest absolute Gasteiger partial charge is 0.325 e. The molecule has 2 aromatic carbocycles. The fourth-order valence-corrected chi connectivity index (χ4v) is 3.25. The van der Waals surface area contributed by atoms with E-state index in [1.54, 1.807) is 36.7 Å². The first kappa shape index (κ1) is 18.1. The van der Waals surface area contributed by atoms with Gasteiger partial charge in [0.15, 0.2) is 0 Å². The lowest BCUT2D eigenvalue weighted by molar-refractivity contribution is 0.900. The molecule has 3 N–H and O–H groups in total. The molecular formula is C22H14N6O. The monoisotopic (exact) mass is 378 g/mol. The third-order valence-electron chi connectivity index (χ3n) is 4.71. The summed E-state index contributed by atoms with van der Waals surface area (Å²) in [5.74, 6) is 0. The first-order chi connectivity index (χ1) is 14.1. The van der Waals surface area contributed by atoms with Crippen molar-refractivity contribution in [3.05, 3.63) is 82.0 Å². The fraction of sp³-hybridized carbons (Fsp3) is 0.0455. The predicted octanol–water partition coefficient (Wildman–Crippen LogP) is 2.85. The molecule has 4 rings (SSSR count). The van der Waals surface area contributed by atoms with E-state index in [0.717, 1.165) is 16.7 Å². The van der Waals surface area contributed by atoms with Crippen molar-refractivity contribution in [3.63, 3.8) is 0 Å². The van der Waals surface area contributed by atoms with E-state index in [2.05, 4.69) is 27.3 Å². The van der Waals surface area contributed by atoms with E-state index in [4.69, 9.17) is 5.73 Å². The molecule has 0 aliphatic carbocycles. The Balaban J connectivity index is 1.88. The summed E-state index contributed by atoms with van der Waals surface area (Å²) in [7, 11) is 0. The van der Waals surface area contributed by atoms with E-state index >= 15 is 0 Å². The second-order valence-corrected chi connectivity index (χ2v) is 6.41. The highest BCUT2D eigenvalue weighted by atomic mass is 16.1.